The molecule has 0 saturated carbocycles. The molecule has 1 aromatic carbocycles. The maximum absolute atomic E-state index is 12.7. The third kappa shape index (κ3) is 3.96. The molecule has 0 spiro atoms. The van der Waals surface area contributed by atoms with Crippen molar-refractivity contribution in [3.8, 4) is 0 Å². The van der Waals surface area contributed by atoms with Gasteiger partial charge in [-0.05, 0) is 57.2 Å². The Balaban J connectivity index is 1.82. The van der Waals surface area contributed by atoms with Crippen LogP contribution < -0.4 is 10.7 Å². The van der Waals surface area contributed by atoms with E-state index in [1.54, 1.807) is 18.3 Å². The highest BCUT2D eigenvalue weighted by Crippen LogP contribution is 2.20. The van der Waals surface area contributed by atoms with Crippen molar-refractivity contribution in [1.82, 2.24) is 9.88 Å². The van der Waals surface area contributed by atoms with E-state index in [2.05, 4.69) is 11.4 Å². The van der Waals surface area contributed by atoms with Crippen molar-refractivity contribution in [1.29, 1.82) is 0 Å². The summed E-state index contributed by atoms with van der Waals surface area (Å²) in [6, 6.07) is 5.21. The van der Waals surface area contributed by atoms with Crippen LogP contribution in [0, 0.1) is 0 Å². The van der Waals surface area contributed by atoms with Gasteiger partial charge in [0.15, 0.2) is 0 Å². The first kappa shape index (κ1) is 17.7. The predicted molar refractivity (Wildman–Crippen MR) is 102 cm³/mol. The fourth-order valence-corrected chi connectivity index (χ4v) is 3.53. The standard InChI is InChI=1S/C20H23ClN2O2/c1-2-23-13-17(19(24)16-12-15(21)8-9-18(16)23)20(25)22-11-10-14-6-4-3-5-7-14/h6,8-9,12-13H,2-5,7,10-11H2,1H3,(H,22,25). The van der Waals surface area contributed by atoms with Gasteiger partial charge in [-0.3, -0.25) is 9.59 Å². The quantitative estimate of drug-likeness (QED) is 0.810. The summed E-state index contributed by atoms with van der Waals surface area (Å²) in [6.07, 6.45) is 9.51. The lowest BCUT2D eigenvalue weighted by atomic mass is 9.97. The lowest BCUT2D eigenvalue weighted by Gasteiger charge is -2.14. The van der Waals surface area contributed by atoms with E-state index >= 15 is 0 Å². The molecule has 1 aliphatic carbocycles. The number of carbonyl (C=O) groups excluding carboxylic acids is 1. The van der Waals surface area contributed by atoms with Crippen LogP contribution in [0.2, 0.25) is 5.02 Å². The molecule has 1 amide bonds. The molecule has 25 heavy (non-hydrogen) atoms. The lowest BCUT2D eigenvalue weighted by Crippen LogP contribution is -2.30. The highest BCUT2D eigenvalue weighted by atomic mass is 35.5. The summed E-state index contributed by atoms with van der Waals surface area (Å²) >= 11 is 6.03. The zero-order chi connectivity index (χ0) is 17.8. The van der Waals surface area contributed by atoms with Gasteiger partial charge in [-0.2, -0.15) is 0 Å². The summed E-state index contributed by atoms with van der Waals surface area (Å²) < 4.78 is 1.91. The van der Waals surface area contributed by atoms with E-state index in [0.29, 0.717) is 23.5 Å². The number of rotatable bonds is 5. The number of fused-ring (bicyclic) bond motifs is 1. The number of aromatic nitrogens is 1. The molecule has 2 aromatic rings. The molecule has 0 aliphatic heterocycles. The van der Waals surface area contributed by atoms with Crippen LogP contribution in [0.5, 0.6) is 0 Å². The Kier molecular flexibility index (Phi) is 5.59. The molecule has 0 unspecified atom stereocenters. The SMILES string of the molecule is CCn1cc(C(=O)NCCC2=CCCCC2)c(=O)c2cc(Cl)ccc21. The third-order valence-corrected chi connectivity index (χ3v) is 4.98. The largest absolute Gasteiger partial charge is 0.352 e. The van der Waals surface area contributed by atoms with Gasteiger partial charge in [0, 0.05) is 29.7 Å². The Bertz CT molecular complexity index is 883. The third-order valence-electron chi connectivity index (χ3n) is 4.74. The molecule has 1 aromatic heterocycles. The van der Waals surface area contributed by atoms with E-state index in [-0.39, 0.29) is 16.9 Å². The molecule has 3 rings (SSSR count). The van der Waals surface area contributed by atoms with Crippen molar-refractivity contribution >= 4 is 28.4 Å². The number of hydrogen-bond donors (Lipinski definition) is 1. The van der Waals surface area contributed by atoms with Crippen LogP contribution in [0.4, 0.5) is 0 Å². The van der Waals surface area contributed by atoms with Gasteiger partial charge in [-0.1, -0.05) is 23.3 Å². The molecule has 0 bridgehead atoms. The fourth-order valence-electron chi connectivity index (χ4n) is 3.36. The van der Waals surface area contributed by atoms with E-state index in [1.807, 2.05) is 17.6 Å². The number of allylic oxidation sites excluding steroid dienone is 1. The van der Waals surface area contributed by atoms with Gasteiger partial charge in [-0.25, -0.2) is 0 Å². The predicted octanol–water partition coefficient (Wildman–Crippen LogP) is 4.30. The first-order valence-corrected chi connectivity index (χ1v) is 9.26. The number of nitrogens with one attached hydrogen (secondary N) is 1. The molecule has 1 N–H and O–H groups in total. The van der Waals surface area contributed by atoms with Gasteiger partial charge < -0.3 is 9.88 Å². The first-order chi connectivity index (χ1) is 12.1. The average molecular weight is 359 g/mol. The van der Waals surface area contributed by atoms with Gasteiger partial charge in [-0.15, -0.1) is 0 Å². The van der Waals surface area contributed by atoms with Gasteiger partial charge >= 0.3 is 0 Å². The van der Waals surface area contributed by atoms with Crippen molar-refractivity contribution in [3.63, 3.8) is 0 Å². The molecule has 0 atom stereocenters. The van der Waals surface area contributed by atoms with Crippen molar-refractivity contribution in [3.05, 3.63) is 56.9 Å². The van der Waals surface area contributed by atoms with Crippen LogP contribution in [0.3, 0.4) is 0 Å². The molecule has 0 radical (unpaired) electrons. The fraction of sp³-hybridized carbons (Fsp3) is 0.400. The normalized spacial score (nSPS) is 14.4. The number of nitrogens with zero attached hydrogens (tertiary/aromatic N) is 1. The van der Waals surface area contributed by atoms with Crippen LogP contribution in [0.25, 0.3) is 10.9 Å². The summed E-state index contributed by atoms with van der Waals surface area (Å²) in [5.74, 6) is -0.314. The van der Waals surface area contributed by atoms with Crippen LogP contribution in [-0.4, -0.2) is 17.0 Å². The maximum Gasteiger partial charge on any atom is 0.256 e. The topological polar surface area (TPSA) is 51.1 Å². The number of hydrogen-bond acceptors (Lipinski definition) is 2. The number of carbonyl (C=O) groups is 1. The van der Waals surface area contributed by atoms with Gasteiger partial charge in [0.25, 0.3) is 5.91 Å². The van der Waals surface area contributed by atoms with Crippen molar-refractivity contribution in [2.45, 2.75) is 45.6 Å². The monoisotopic (exact) mass is 358 g/mol. The molecule has 1 heterocycles. The second-order valence-electron chi connectivity index (χ2n) is 6.43. The molecule has 0 saturated heterocycles. The summed E-state index contributed by atoms with van der Waals surface area (Å²) in [5, 5.41) is 3.87. The zero-order valence-corrected chi connectivity index (χ0v) is 15.2. The minimum absolute atomic E-state index is 0.175. The van der Waals surface area contributed by atoms with Crippen LogP contribution >= 0.6 is 11.6 Å². The minimum atomic E-state index is -0.314. The van der Waals surface area contributed by atoms with Gasteiger partial charge in [0.1, 0.15) is 5.56 Å². The molecule has 132 valence electrons. The molecule has 5 heteroatoms. The van der Waals surface area contributed by atoms with Gasteiger partial charge in [0.05, 0.1) is 5.52 Å². The highest BCUT2D eigenvalue weighted by molar-refractivity contribution is 6.31. The summed E-state index contributed by atoms with van der Waals surface area (Å²) in [6.45, 7) is 3.21. The van der Waals surface area contributed by atoms with Crippen LogP contribution in [0.1, 0.15) is 49.4 Å². The molecule has 4 nitrogen and oxygen atoms in total. The minimum Gasteiger partial charge on any atom is -0.352 e. The van der Waals surface area contributed by atoms with Crippen LogP contribution in [-0.2, 0) is 6.54 Å². The summed E-state index contributed by atoms with van der Waals surface area (Å²) in [4.78, 5) is 25.2. The van der Waals surface area contributed by atoms with E-state index in [4.69, 9.17) is 11.6 Å². The number of pyridine rings is 1. The maximum atomic E-state index is 12.7. The molecular formula is C20H23ClN2O2. The zero-order valence-electron chi connectivity index (χ0n) is 14.5. The number of aryl methyl sites for hydroxylation is 1. The molecular weight excluding hydrogens is 336 g/mol. The summed E-state index contributed by atoms with van der Waals surface area (Å²) in [7, 11) is 0. The molecule has 0 fully saturated rings. The number of amides is 1. The average Bonchev–Trinajstić information content (AvgIpc) is 2.63. The lowest BCUT2D eigenvalue weighted by molar-refractivity contribution is 0.0952. The van der Waals surface area contributed by atoms with E-state index in [9.17, 15) is 9.59 Å². The highest BCUT2D eigenvalue weighted by Gasteiger charge is 2.15. The van der Waals surface area contributed by atoms with E-state index in [0.717, 1.165) is 24.8 Å². The first-order valence-electron chi connectivity index (χ1n) is 8.89. The van der Waals surface area contributed by atoms with Crippen LogP contribution in [0.15, 0.2) is 40.8 Å². The second kappa shape index (κ2) is 7.87. The van der Waals surface area contributed by atoms with E-state index in [1.165, 1.54) is 18.4 Å². The number of benzene rings is 1. The number of halogens is 1. The van der Waals surface area contributed by atoms with E-state index < -0.39 is 0 Å². The molecule has 1 aliphatic rings. The Morgan fingerprint density at radius 3 is 2.88 bits per heavy atom. The Labute approximate surface area is 152 Å². The second-order valence-corrected chi connectivity index (χ2v) is 6.87. The summed E-state index contributed by atoms with van der Waals surface area (Å²) in [5.41, 5.74) is 2.11. The Hall–Kier alpha value is -2.07. The Morgan fingerprint density at radius 2 is 2.16 bits per heavy atom. The van der Waals surface area contributed by atoms with Crippen molar-refractivity contribution in [2.75, 3.05) is 6.54 Å². The van der Waals surface area contributed by atoms with Gasteiger partial charge in [0.2, 0.25) is 5.43 Å². The van der Waals surface area contributed by atoms with Crippen molar-refractivity contribution < 1.29 is 4.79 Å². The Morgan fingerprint density at radius 1 is 1.32 bits per heavy atom. The van der Waals surface area contributed by atoms with Crippen molar-refractivity contribution in [2.24, 2.45) is 0 Å². The smallest absolute Gasteiger partial charge is 0.256 e.